The van der Waals surface area contributed by atoms with Crippen LogP contribution in [0.25, 0.3) is 10.8 Å². The van der Waals surface area contributed by atoms with E-state index in [0.717, 1.165) is 66.5 Å². The molecule has 1 fully saturated rings. The van der Waals surface area contributed by atoms with Gasteiger partial charge in [0.15, 0.2) is 5.82 Å². The number of rotatable bonds is 5. The van der Waals surface area contributed by atoms with Crippen LogP contribution in [0.4, 0.5) is 17.5 Å². The fourth-order valence-corrected chi connectivity index (χ4v) is 3.86. The Kier molecular flexibility index (Phi) is 6.33. The average molecular weight is 455 g/mol. The molecule has 9 nitrogen and oxygen atoms in total. The van der Waals surface area contributed by atoms with Gasteiger partial charge in [0.25, 0.3) is 0 Å². The van der Waals surface area contributed by atoms with Crippen LogP contribution >= 0.6 is 0 Å². The van der Waals surface area contributed by atoms with E-state index in [0.29, 0.717) is 5.82 Å². The molecule has 5 rings (SSSR count). The Morgan fingerprint density at radius 3 is 2.59 bits per heavy atom. The predicted molar refractivity (Wildman–Crippen MR) is 132 cm³/mol. The summed E-state index contributed by atoms with van der Waals surface area (Å²) in [4.78, 5) is 16.0. The van der Waals surface area contributed by atoms with Crippen molar-refractivity contribution in [1.29, 1.82) is 0 Å². The molecule has 0 spiro atoms. The van der Waals surface area contributed by atoms with Crippen LogP contribution in [0.2, 0.25) is 0 Å². The third-order valence-electron chi connectivity index (χ3n) is 5.64. The number of ether oxygens (including phenoxy) is 1. The monoisotopic (exact) mass is 454 g/mol. The molecular formula is C25H26N8O. The van der Waals surface area contributed by atoms with E-state index in [9.17, 15) is 0 Å². The lowest BCUT2D eigenvalue weighted by molar-refractivity contribution is 0.0341. The molecule has 4 aromatic heterocycles. The summed E-state index contributed by atoms with van der Waals surface area (Å²) < 4.78 is 7.16. The molecule has 1 aliphatic rings. The van der Waals surface area contributed by atoms with Gasteiger partial charge in [-0.1, -0.05) is 12.0 Å². The third kappa shape index (κ3) is 4.98. The Hall–Kier alpha value is -4.00. The first kappa shape index (κ1) is 21.8. The quantitative estimate of drug-likeness (QED) is 0.445. The second-order valence-corrected chi connectivity index (χ2v) is 8.08. The molecule has 0 aromatic carbocycles. The van der Waals surface area contributed by atoms with Crippen LogP contribution in [0.5, 0.6) is 0 Å². The van der Waals surface area contributed by atoms with Crippen molar-refractivity contribution in [2.24, 2.45) is 7.05 Å². The molecule has 9 heteroatoms. The van der Waals surface area contributed by atoms with Gasteiger partial charge in [0.05, 0.1) is 18.8 Å². The number of anilines is 3. The number of pyridine rings is 3. The number of aromatic nitrogens is 5. The number of morpholine rings is 1. The van der Waals surface area contributed by atoms with Gasteiger partial charge >= 0.3 is 0 Å². The summed E-state index contributed by atoms with van der Waals surface area (Å²) in [6.45, 7) is 4.37. The molecule has 0 amide bonds. The topological polar surface area (TPSA) is 93.0 Å². The number of nitrogens with one attached hydrogen (secondary N) is 2. The molecule has 0 atom stereocenters. The Morgan fingerprint density at radius 1 is 0.971 bits per heavy atom. The normalized spacial score (nSPS) is 13.9. The minimum atomic E-state index is 0.688. The molecule has 2 N–H and O–H groups in total. The highest BCUT2D eigenvalue weighted by molar-refractivity contribution is 5.96. The zero-order valence-corrected chi connectivity index (χ0v) is 19.2. The molecule has 0 radical (unpaired) electrons. The van der Waals surface area contributed by atoms with Gasteiger partial charge in [-0.2, -0.15) is 5.10 Å². The summed E-state index contributed by atoms with van der Waals surface area (Å²) in [5.41, 5.74) is 2.70. The summed E-state index contributed by atoms with van der Waals surface area (Å²) in [6.07, 6.45) is 7.35. The van der Waals surface area contributed by atoms with Gasteiger partial charge < -0.3 is 15.4 Å². The lowest BCUT2D eigenvalue weighted by Crippen LogP contribution is -2.35. The van der Waals surface area contributed by atoms with Gasteiger partial charge in [-0.3, -0.25) is 9.58 Å². The lowest BCUT2D eigenvalue weighted by atomic mass is 10.1. The van der Waals surface area contributed by atoms with Crippen molar-refractivity contribution in [3.63, 3.8) is 0 Å². The molecule has 0 bridgehead atoms. The molecule has 4 aromatic rings. The highest BCUT2D eigenvalue weighted by atomic mass is 16.5. The minimum Gasteiger partial charge on any atom is -0.379 e. The number of hydrogen-bond acceptors (Lipinski definition) is 8. The maximum absolute atomic E-state index is 5.42. The van der Waals surface area contributed by atoms with E-state index >= 15 is 0 Å². The first-order valence-electron chi connectivity index (χ1n) is 11.2. The number of hydrogen-bond donors (Lipinski definition) is 2. The van der Waals surface area contributed by atoms with E-state index in [1.165, 1.54) is 5.56 Å². The number of nitrogens with zero attached hydrogens (tertiary/aromatic N) is 6. The average Bonchev–Trinajstić information content (AvgIpc) is 3.28. The Labute approximate surface area is 198 Å². The Morgan fingerprint density at radius 2 is 1.85 bits per heavy atom. The van der Waals surface area contributed by atoms with Crippen LogP contribution in [0, 0.1) is 11.8 Å². The smallest absolute Gasteiger partial charge is 0.153 e. The van der Waals surface area contributed by atoms with Crippen molar-refractivity contribution < 1.29 is 4.74 Å². The van der Waals surface area contributed by atoms with Crippen LogP contribution in [-0.2, 0) is 18.3 Å². The molecule has 1 aliphatic heterocycles. The fourth-order valence-electron chi connectivity index (χ4n) is 3.86. The van der Waals surface area contributed by atoms with Crippen molar-refractivity contribution in [3.05, 3.63) is 65.9 Å². The van der Waals surface area contributed by atoms with Crippen LogP contribution in [-0.4, -0.2) is 63.0 Å². The first-order chi connectivity index (χ1) is 16.7. The maximum Gasteiger partial charge on any atom is 0.153 e. The van der Waals surface area contributed by atoms with Gasteiger partial charge in [-0.15, -0.1) is 0 Å². The fraction of sp³-hybridized carbons (Fsp3) is 0.280. The van der Waals surface area contributed by atoms with Crippen molar-refractivity contribution in [2.45, 2.75) is 6.54 Å². The Bertz CT molecular complexity index is 1350. The largest absolute Gasteiger partial charge is 0.379 e. The van der Waals surface area contributed by atoms with E-state index in [1.807, 2.05) is 44.7 Å². The number of aryl methyl sites for hydroxylation is 1. The van der Waals surface area contributed by atoms with Crippen molar-refractivity contribution in [1.82, 2.24) is 29.6 Å². The van der Waals surface area contributed by atoms with Crippen LogP contribution in [0.3, 0.4) is 0 Å². The van der Waals surface area contributed by atoms with Crippen molar-refractivity contribution in [2.75, 3.05) is 44.0 Å². The molecule has 0 aliphatic carbocycles. The maximum atomic E-state index is 5.42. The van der Waals surface area contributed by atoms with E-state index in [2.05, 4.69) is 53.5 Å². The van der Waals surface area contributed by atoms with Gasteiger partial charge in [0, 0.05) is 75.4 Å². The molecule has 172 valence electrons. The van der Waals surface area contributed by atoms with Gasteiger partial charge in [-0.05, 0) is 23.6 Å². The summed E-state index contributed by atoms with van der Waals surface area (Å²) in [7, 11) is 3.72. The zero-order chi connectivity index (χ0) is 23.3. The SMILES string of the molecule is CNc1ncc(C#Cc2ccc(CN3CCOCC3)cn2)c2cc(Nc3ccn(C)n3)ncc12. The molecule has 5 heterocycles. The molecular weight excluding hydrogens is 428 g/mol. The standard InChI is InChI=1S/C25H26N8O/c1-26-25-22-16-28-24(30-23-7-8-32(2)31-23)13-21(22)19(15-29-25)4-6-20-5-3-18(14-27-20)17-33-9-11-34-12-10-33/h3,5,7-8,13-16H,9-12,17H2,1-2H3,(H,26,29)(H,28,30,31). The van der Waals surface area contributed by atoms with Crippen LogP contribution < -0.4 is 10.6 Å². The second-order valence-electron chi connectivity index (χ2n) is 8.08. The van der Waals surface area contributed by atoms with E-state index in [4.69, 9.17) is 4.74 Å². The van der Waals surface area contributed by atoms with Crippen LogP contribution in [0.1, 0.15) is 16.8 Å². The summed E-state index contributed by atoms with van der Waals surface area (Å²) in [5.74, 6) is 8.60. The number of fused-ring (bicyclic) bond motifs is 1. The van der Waals surface area contributed by atoms with Gasteiger partial charge in [0.1, 0.15) is 17.3 Å². The molecule has 34 heavy (non-hydrogen) atoms. The highest BCUT2D eigenvalue weighted by Gasteiger charge is 2.11. The van der Waals surface area contributed by atoms with Crippen LogP contribution in [0.15, 0.2) is 49.1 Å². The molecule has 1 saturated heterocycles. The van der Waals surface area contributed by atoms with Crippen molar-refractivity contribution in [3.8, 4) is 11.8 Å². The second kappa shape index (κ2) is 9.87. The first-order valence-corrected chi connectivity index (χ1v) is 11.2. The predicted octanol–water partition coefficient (Wildman–Crippen LogP) is 2.78. The van der Waals surface area contributed by atoms with Gasteiger partial charge in [-0.25, -0.2) is 15.0 Å². The zero-order valence-electron chi connectivity index (χ0n) is 19.2. The summed E-state index contributed by atoms with van der Waals surface area (Å²) in [6, 6.07) is 7.92. The van der Waals surface area contributed by atoms with E-state index < -0.39 is 0 Å². The van der Waals surface area contributed by atoms with E-state index in [1.54, 1.807) is 17.1 Å². The minimum absolute atomic E-state index is 0.688. The Balaban J connectivity index is 1.40. The highest BCUT2D eigenvalue weighted by Crippen LogP contribution is 2.26. The van der Waals surface area contributed by atoms with E-state index in [-0.39, 0.29) is 0 Å². The lowest BCUT2D eigenvalue weighted by Gasteiger charge is -2.26. The molecule has 0 unspecified atom stereocenters. The third-order valence-corrected chi connectivity index (χ3v) is 5.64. The summed E-state index contributed by atoms with van der Waals surface area (Å²) in [5, 5.41) is 12.6. The molecule has 0 saturated carbocycles. The summed E-state index contributed by atoms with van der Waals surface area (Å²) >= 11 is 0. The van der Waals surface area contributed by atoms with Gasteiger partial charge in [0.2, 0.25) is 0 Å². The van der Waals surface area contributed by atoms with Crippen molar-refractivity contribution >= 4 is 28.2 Å².